The van der Waals surface area contributed by atoms with Gasteiger partial charge < -0.3 is 15.0 Å². The van der Waals surface area contributed by atoms with E-state index in [0.717, 1.165) is 16.9 Å². The summed E-state index contributed by atoms with van der Waals surface area (Å²) in [4.78, 5) is 25.7. The molecule has 0 saturated heterocycles. The lowest BCUT2D eigenvalue weighted by Gasteiger charge is -2.31. The minimum atomic E-state index is -0.343. The molecule has 1 heterocycles. The summed E-state index contributed by atoms with van der Waals surface area (Å²) in [5, 5.41) is 3.01. The second kappa shape index (κ2) is 9.70. The Balaban J connectivity index is 1.55. The highest BCUT2D eigenvalue weighted by atomic mass is 16.5. The fraction of sp³-hybridized carbons (Fsp3) is 0.417. The van der Waals surface area contributed by atoms with Crippen molar-refractivity contribution >= 4 is 11.9 Å². The van der Waals surface area contributed by atoms with E-state index >= 15 is 0 Å². The first-order chi connectivity index (χ1) is 14.0. The predicted molar refractivity (Wildman–Crippen MR) is 113 cm³/mol. The van der Waals surface area contributed by atoms with Crippen molar-refractivity contribution in [2.24, 2.45) is 0 Å². The Kier molecular flexibility index (Phi) is 7.04. The molecule has 0 aromatic heterocycles. The quantitative estimate of drug-likeness (QED) is 0.701. The third-order valence-corrected chi connectivity index (χ3v) is 5.71. The van der Waals surface area contributed by atoms with Crippen LogP contribution in [-0.4, -0.2) is 38.1 Å². The van der Waals surface area contributed by atoms with E-state index in [4.69, 9.17) is 4.74 Å². The van der Waals surface area contributed by atoms with Gasteiger partial charge in [-0.05, 0) is 29.0 Å². The highest BCUT2D eigenvalue weighted by molar-refractivity contribution is 5.78. The van der Waals surface area contributed by atoms with E-state index in [0.29, 0.717) is 25.4 Å². The van der Waals surface area contributed by atoms with Gasteiger partial charge in [0.2, 0.25) is 0 Å². The van der Waals surface area contributed by atoms with Crippen LogP contribution >= 0.6 is 0 Å². The molecule has 0 fully saturated rings. The van der Waals surface area contributed by atoms with Crippen LogP contribution in [0.25, 0.3) is 0 Å². The lowest BCUT2D eigenvalue weighted by atomic mass is 9.94. The Morgan fingerprint density at radius 1 is 1.10 bits per heavy atom. The number of hydrogen-bond donors (Lipinski definition) is 2. The molecule has 0 radical (unpaired) electrons. The largest absolute Gasteiger partial charge is 0.465 e. The first kappa shape index (κ1) is 21.1. The maximum Gasteiger partial charge on any atom is 0.365 e. The Hall–Kier alpha value is -2.66. The zero-order chi connectivity index (χ0) is 20.8. The third-order valence-electron chi connectivity index (χ3n) is 5.71. The number of esters is 1. The molecular weight excluding hydrogens is 364 g/mol. The van der Waals surface area contributed by atoms with Crippen molar-refractivity contribution in [1.29, 1.82) is 0 Å². The van der Waals surface area contributed by atoms with Crippen LogP contribution < -0.4 is 10.2 Å². The zero-order valence-electron chi connectivity index (χ0n) is 17.5. The molecular formula is C24H31N2O3+. The number of hydrogen-bond acceptors (Lipinski definition) is 3. The summed E-state index contributed by atoms with van der Waals surface area (Å²) in [6.07, 6.45) is 1.40. The van der Waals surface area contributed by atoms with E-state index in [2.05, 4.69) is 49.5 Å². The van der Waals surface area contributed by atoms with Gasteiger partial charge in [0.05, 0.1) is 7.11 Å². The van der Waals surface area contributed by atoms with Crippen molar-refractivity contribution in [1.82, 2.24) is 5.32 Å². The lowest BCUT2D eigenvalue weighted by molar-refractivity contribution is -0.924. The Bertz CT molecular complexity index is 845. The van der Waals surface area contributed by atoms with Gasteiger partial charge in [0.25, 0.3) is 5.91 Å². The highest BCUT2D eigenvalue weighted by Crippen LogP contribution is 2.15. The molecule has 0 spiro atoms. The number of fused-ring (bicyclic) bond motifs is 1. The predicted octanol–water partition coefficient (Wildman–Crippen LogP) is 1.65. The Morgan fingerprint density at radius 2 is 1.79 bits per heavy atom. The number of ether oxygens (including phenoxy) is 1. The first-order valence-electron chi connectivity index (χ1n) is 10.3. The molecule has 2 N–H and O–H groups in total. The maximum atomic E-state index is 12.5. The number of quaternary nitrogens is 1. The van der Waals surface area contributed by atoms with Crippen LogP contribution in [0.3, 0.4) is 0 Å². The van der Waals surface area contributed by atoms with Crippen LogP contribution in [-0.2, 0) is 33.7 Å². The average Bonchev–Trinajstić information content (AvgIpc) is 2.73. The topological polar surface area (TPSA) is 59.8 Å². The van der Waals surface area contributed by atoms with E-state index in [1.54, 1.807) is 0 Å². The van der Waals surface area contributed by atoms with Gasteiger partial charge in [-0.3, -0.25) is 4.79 Å². The minimum absolute atomic E-state index is 0.0351. The number of benzene rings is 2. The number of carbonyl (C=O) groups excluding carboxylic acids is 2. The van der Waals surface area contributed by atoms with Gasteiger partial charge in [-0.25, -0.2) is 4.79 Å². The number of rotatable bonds is 7. The molecule has 5 heteroatoms. The van der Waals surface area contributed by atoms with E-state index < -0.39 is 0 Å². The zero-order valence-corrected chi connectivity index (χ0v) is 17.5. The molecule has 0 bridgehead atoms. The van der Waals surface area contributed by atoms with Gasteiger partial charge in [-0.1, -0.05) is 62.4 Å². The number of nitrogens with one attached hydrogen (secondary N) is 2. The Labute approximate surface area is 173 Å². The molecule has 5 nitrogen and oxygen atoms in total. The summed E-state index contributed by atoms with van der Waals surface area (Å²) >= 11 is 0. The third kappa shape index (κ3) is 5.45. The van der Waals surface area contributed by atoms with Gasteiger partial charge >= 0.3 is 5.97 Å². The molecule has 3 rings (SSSR count). The van der Waals surface area contributed by atoms with Gasteiger partial charge in [-0.15, -0.1) is 0 Å². The van der Waals surface area contributed by atoms with Crippen LogP contribution in [0.2, 0.25) is 0 Å². The standard InChI is InChI=1S/C24H30N2O3/c1-17(2)19-10-8-18(9-11-19)12-13-25-23(27)16-26-15-21-7-5-4-6-20(21)14-22(26)24(28)29-3/h4-11,17,22H,12-16H2,1-3H3,(H,25,27)/p+1/t22-/m1/s1. The van der Waals surface area contributed by atoms with Crippen molar-refractivity contribution in [3.63, 3.8) is 0 Å². The van der Waals surface area contributed by atoms with Crippen molar-refractivity contribution in [2.45, 2.75) is 45.2 Å². The molecule has 0 saturated carbocycles. The molecule has 2 atom stereocenters. The number of amides is 1. The Morgan fingerprint density at radius 3 is 2.45 bits per heavy atom. The van der Waals surface area contributed by atoms with Crippen LogP contribution in [0.4, 0.5) is 0 Å². The van der Waals surface area contributed by atoms with Crippen molar-refractivity contribution < 1.29 is 19.2 Å². The van der Waals surface area contributed by atoms with Crippen molar-refractivity contribution in [3.05, 3.63) is 70.8 Å². The molecule has 154 valence electrons. The van der Waals surface area contributed by atoms with Crippen molar-refractivity contribution in [3.8, 4) is 0 Å². The van der Waals surface area contributed by atoms with E-state index in [9.17, 15) is 9.59 Å². The minimum Gasteiger partial charge on any atom is -0.465 e. The number of carbonyl (C=O) groups is 2. The summed E-state index contributed by atoms with van der Waals surface area (Å²) in [7, 11) is 1.41. The average molecular weight is 396 g/mol. The SMILES string of the molecule is COC(=O)[C@H]1Cc2ccccc2C[NH+]1CC(=O)NCCc1ccc(C(C)C)cc1. The molecule has 1 unspecified atom stereocenters. The summed E-state index contributed by atoms with van der Waals surface area (Å²) in [6, 6.07) is 16.3. The van der Waals surface area contributed by atoms with Gasteiger partial charge in [0.1, 0.15) is 6.54 Å². The van der Waals surface area contributed by atoms with Crippen LogP contribution in [0.15, 0.2) is 48.5 Å². The molecule has 2 aromatic rings. The molecule has 1 aliphatic heterocycles. The molecule has 2 aromatic carbocycles. The molecule has 29 heavy (non-hydrogen) atoms. The summed E-state index contributed by atoms with van der Waals surface area (Å²) in [6.45, 7) is 5.86. The summed E-state index contributed by atoms with van der Waals surface area (Å²) in [5.41, 5.74) is 4.89. The molecule has 1 amide bonds. The van der Waals surface area contributed by atoms with E-state index in [1.165, 1.54) is 23.8 Å². The van der Waals surface area contributed by atoms with Crippen molar-refractivity contribution in [2.75, 3.05) is 20.2 Å². The summed E-state index contributed by atoms with van der Waals surface area (Å²) < 4.78 is 4.99. The normalized spacial score (nSPS) is 18.2. The van der Waals surface area contributed by atoms with Gasteiger partial charge in [0.15, 0.2) is 12.6 Å². The lowest BCUT2D eigenvalue weighted by Crippen LogP contribution is -3.17. The van der Waals surface area contributed by atoms with E-state index in [-0.39, 0.29) is 24.5 Å². The van der Waals surface area contributed by atoms with Crippen LogP contribution in [0, 0.1) is 0 Å². The van der Waals surface area contributed by atoms with Gasteiger partial charge in [0, 0.05) is 18.5 Å². The van der Waals surface area contributed by atoms with E-state index in [1.807, 2.05) is 18.2 Å². The maximum absolute atomic E-state index is 12.5. The fourth-order valence-electron chi connectivity index (χ4n) is 3.92. The van der Waals surface area contributed by atoms with Gasteiger partial charge in [-0.2, -0.15) is 0 Å². The number of methoxy groups -OCH3 is 1. The fourth-order valence-corrected chi connectivity index (χ4v) is 3.92. The van der Waals surface area contributed by atoms with Crippen LogP contribution in [0.1, 0.15) is 42.0 Å². The monoisotopic (exact) mass is 395 g/mol. The molecule has 1 aliphatic rings. The molecule has 0 aliphatic carbocycles. The first-order valence-corrected chi connectivity index (χ1v) is 10.3. The smallest absolute Gasteiger partial charge is 0.365 e. The van der Waals surface area contributed by atoms with Crippen LogP contribution in [0.5, 0.6) is 0 Å². The highest BCUT2D eigenvalue weighted by Gasteiger charge is 2.36. The second-order valence-electron chi connectivity index (χ2n) is 8.06. The summed E-state index contributed by atoms with van der Waals surface area (Å²) in [5.74, 6) is 0.226. The second-order valence-corrected chi connectivity index (χ2v) is 8.06.